The zero-order valence-corrected chi connectivity index (χ0v) is 10.8. The number of carbonyl (C=O) groups excluding carboxylic acids is 2. The number of nitrogens with zero attached hydrogens (tertiary/aromatic N) is 1. The average molecular weight is 260 g/mol. The SMILES string of the molecule is COC(=O)CCN(C)C(=O)NCCCCC(=O)O. The molecule has 7 heteroatoms. The number of unbranched alkanes of at least 4 members (excludes halogenated alkanes) is 1. The quantitative estimate of drug-likeness (QED) is 0.488. The first kappa shape index (κ1) is 16.2. The molecule has 0 aliphatic carbocycles. The van der Waals surface area contributed by atoms with Gasteiger partial charge in [-0.05, 0) is 12.8 Å². The largest absolute Gasteiger partial charge is 0.481 e. The molecular weight excluding hydrogens is 240 g/mol. The Labute approximate surface area is 106 Å². The van der Waals surface area contributed by atoms with E-state index in [1.807, 2.05) is 0 Å². The second-order valence-corrected chi connectivity index (χ2v) is 3.83. The number of ether oxygens (including phenoxy) is 1. The van der Waals surface area contributed by atoms with Gasteiger partial charge < -0.3 is 20.1 Å². The molecule has 104 valence electrons. The van der Waals surface area contributed by atoms with Crippen molar-refractivity contribution in [3.05, 3.63) is 0 Å². The van der Waals surface area contributed by atoms with Crippen molar-refractivity contribution in [2.75, 3.05) is 27.2 Å². The lowest BCUT2D eigenvalue weighted by molar-refractivity contribution is -0.141. The van der Waals surface area contributed by atoms with Crippen molar-refractivity contribution in [2.24, 2.45) is 0 Å². The molecule has 0 aliphatic rings. The maximum atomic E-state index is 11.5. The number of urea groups is 1. The fourth-order valence-corrected chi connectivity index (χ4v) is 1.19. The summed E-state index contributed by atoms with van der Waals surface area (Å²) >= 11 is 0. The monoisotopic (exact) mass is 260 g/mol. The van der Waals surface area contributed by atoms with E-state index >= 15 is 0 Å². The van der Waals surface area contributed by atoms with Gasteiger partial charge in [0, 0.05) is 26.6 Å². The molecule has 0 radical (unpaired) electrons. The van der Waals surface area contributed by atoms with Crippen molar-refractivity contribution in [1.29, 1.82) is 0 Å². The molecule has 0 heterocycles. The second kappa shape index (κ2) is 9.26. The van der Waals surface area contributed by atoms with E-state index in [1.54, 1.807) is 7.05 Å². The summed E-state index contributed by atoms with van der Waals surface area (Å²) in [4.78, 5) is 34.0. The van der Waals surface area contributed by atoms with Gasteiger partial charge in [-0.15, -0.1) is 0 Å². The molecule has 0 aromatic carbocycles. The number of carbonyl (C=O) groups is 3. The Hall–Kier alpha value is -1.79. The van der Waals surface area contributed by atoms with Crippen LogP contribution in [0.15, 0.2) is 0 Å². The maximum Gasteiger partial charge on any atom is 0.317 e. The van der Waals surface area contributed by atoms with Gasteiger partial charge in [0.2, 0.25) is 0 Å². The second-order valence-electron chi connectivity index (χ2n) is 3.83. The third kappa shape index (κ3) is 8.37. The minimum Gasteiger partial charge on any atom is -0.481 e. The molecule has 0 unspecified atom stereocenters. The van der Waals surface area contributed by atoms with Crippen molar-refractivity contribution >= 4 is 18.0 Å². The van der Waals surface area contributed by atoms with Crippen molar-refractivity contribution < 1.29 is 24.2 Å². The van der Waals surface area contributed by atoms with Crippen LogP contribution in [0.25, 0.3) is 0 Å². The summed E-state index contributed by atoms with van der Waals surface area (Å²) < 4.78 is 4.46. The van der Waals surface area contributed by atoms with Gasteiger partial charge in [-0.1, -0.05) is 0 Å². The Morgan fingerprint density at radius 1 is 1.22 bits per heavy atom. The van der Waals surface area contributed by atoms with Crippen LogP contribution in [0.4, 0.5) is 4.79 Å². The molecule has 2 N–H and O–H groups in total. The van der Waals surface area contributed by atoms with Gasteiger partial charge in [0.1, 0.15) is 0 Å². The minimum atomic E-state index is -0.837. The highest BCUT2D eigenvalue weighted by Crippen LogP contribution is 1.95. The van der Waals surface area contributed by atoms with Crippen molar-refractivity contribution in [3.63, 3.8) is 0 Å². The third-order valence-electron chi connectivity index (χ3n) is 2.32. The zero-order valence-electron chi connectivity index (χ0n) is 10.8. The molecule has 0 aromatic rings. The minimum absolute atomic E-state index is 0.105. The Morgan fingerprint density at radius 3 is 2.44 bits per heavy atom. The Balaban J connectivity index is 3.62. The molecule has 0 spiro atoms. The van der Waals surface area contributed by atoms with E-state index in [9.17, 15) is 14.4 Å². The zero-order chi connectivity index (χ0) is 14.0. The lowest BCUT2D eigenvalue weighted by atomic mass is 10.2. The van der Waals surface area contributed by atoms with Crippen LogP contribution in [-0.4, -0.2) is 55.2 Å². The first-order chi connectivity index (χ1) is 8.47. The standard InChI is InChI=1S/C11H20N2O5/c1-13(8-6-10(16)18-2)11(17)12-7-4-3-5-9(14)15/h3-8H2,1-2H3,(H,12,17)(H,14,15). The van der Waals surface area contributed by atoms with Crippen LogP contribution in [0.1, 0.15) is 25.7 Å². The number of aliphatic carboxylic acids is 1. The third-order valence-corrected chi connectivity index (χ3v) is 2.32. The van der Waals surface area contributed by atoms with Crippen LogP contribution < -0.4 is 5.32 Å². The summed E-state index contributed by atoms with van der Waals surface area (Å²) in [6.07, 6.45) is 1.40. The number of carboxylic acid groups (broad SMARTS) is 1. The van der Waals surface area contributed by atoms with Gasteiger partial charge in [0.05, 0.1) is 13.5 Å². The number of methoxy groups -OCH3 is 1. The summed E-state index contributed by atoms with van der Waals surface area (Å²) in [6.45, 7) is 0.711. The molecule has 0 atom stereocenters. The molecule has 7 nitrogen and oxygen atoms in total. The summed E-state index contributed by atoms with van der Waals surface area (Å²) in [5.41, 5.74) is 0. The van der Waals surface area contributed by atoms with Crippen molar-refractivity contribution in [2.45, 2.75) is 25.7 Å². The van der Waals surface area contributed by atoms with Crippen LogP contribution in [0.2, 0.25) is 0 Å². The Morgan fingerprint density at radius 2 is 1.89 bits per heavy atom. The molecular formula is C11H20N2O5. The fraction of sp³-hybridized carbons (Fsp3) is 0.727. The van der Waals surface area contributed by atoms with E-state index in [2.05, 4.69) is 10.1 Å². The number of amides is 2. The molecule has 0 aromatic heterocycles. The van der Waals surface area contributed by atoms with Crippen molar-refractivity contribution in [1.82, 2.24) is 10.2 Å². The predicted octanol–water partition coefficient (Wildman–Crippen LogP) is 0.446. The van der Waals surface area contributed by atoms with Crippen LogP contribution in [-0.2, 0) is 14.3 Å². The summed E-state index contributed by atoms with van der Waals surface area (Å²) in [5, 5.41) is 11.1. The van der Waals surface area contributed by atoms with E-state index in [0.717, 1.165) is 0 Å². The number of carboxylic acids is 1. The number of hydrogen-bond acceptors (Lipinski definition) is 4. The van der Waals surface area contributed by atoms with E-state index < -0.39 is 5.97 Å². The first-order valence-corrected chi connectivity index (χ1v) is 5.75. The van der Waals surface area contributed by atoms with E-state index in [4.69, 9.17) is 5.11 Å². The highest BCUT2D eigenvalue weighted by atomic mass is 16.5. The molecule has 18 heavy (non-hydrogen) atoms. The fourth-order valence-electron chi connectivity index (χ4n) is 1.19. The Kier molecular flexibility index (Phi) is 8.34. The van der Waals surface area contributed by atoms with Crippen molar-refractivity contribution in [3.8, 4) is 0 Å². The van der Waals surface area contributed by atoms with Crippen LogP contribution in [0.3, 0.4) is 0 Å². The highest BCUT2D eigenvalue weighted by Gasteiger charge is 2.09. The molecule has 0 saturated heterocycles. The number of esters is 1. The summed E-state index contributed by atoms with van der Waals surface area (Å²) in [7, 11) is 2.88. The number of rotatable bonds is 8. The van der Waals surface area contributed by atoms with Gasteiger partial charge in [0.15, 0.2) is 0 Å². The van der Waals surface area contributed by atoms with E-state index in [1.165, 1.54) is 12.0 Å². The predicted molar refractivity (Wildman–Crippen MR) is 64.1 cm³/mol. The normalized spacial score (nSPS) is 9.67. The van der Waals surface area contributed by atoms with Crippen LogP contribution in [0, 0.1) is 0 Å². The molecule has 0 rings (SSSR count). The first-order valence-electron chi connectivity index (χ1n) is 5.75. The lowest BCUT2D eigenvalue weighted by Crippen LogP contribution is -2.38. The topological polar surface area (TPSA) is 95.9 Å². The number of nitrogens with one attached hydrogen (secondary N) is 1. The van der Waals surface area contributed by atoms with Gasteiger partial charge in [-0.25, -0.2) is 4.79 Å². The summed E-state index contributed by atoms with van der Waals surface area (Å²) in [5.74, 6) is -1.20. The smallest absolute Gasteiger partial charge is 0.317 e. The van der Waals surface area contributed by atoms with Gasteiger partial charge in [-0.3, -0.25) is 9.59 Å². The summed E-state index contributed by atoms with van der Waals surface area (Å²) in [6, 6.07) is -0.283. The van der Waals surface area contributed by atoms with Gasteiger partial charge >= 0.3 is 18.0 Å². The van der Waals surface area contributed by atoms with Crippen LogP contribution in [0.5, 0.6) is 0 Å². The Bertz CT molecular complexity index is 293. The van der Waals surface area contributed by atoms with E-state index in [-0.39, 0.29) is 31.4 Å². The number of hydrogen-bond donors (Lipinski definition) is 2. The molecule has 0 bridgehead atoms. The molecule has 0 aliphatic heterocycles. The highest BCUT2D eigenvalue weighted by molar-refractivity contribution is 5.75. The van der Waals surface area contributed by atoms with E-state index in [0.29, 0.717) is 19.4 Å². The average Bonchev–Trinajstić information content (AvgIpc) is 2.34. The van der Waals surface area contributed by atoms with Gasteiger partial charge in [0.25, 0.3) is 0 Å². The molecule has 2 amide bonds. The maximum absolute atomic E-state index is 11.5. The van der Waals surface area contributed by atoms with Gasteiger partial charge in [-0.2, -0.15) is 0 Å². The lowest BCUT2D eigenvalue weighted by Gasteiger charge is -2.17. The molecule has 0 fully saturated rings. The molecule has 0 saturated carbocycles. The van der Waals surface area contributed by atoms with Crippen LogP contribution >= 0.6 is 0 Å².